The van der Waals surface area contributed by atoms with E-state index in [0.29, 0.717) is 17.7 Å². The first kappa shape index (κ1) is 11.7. The fourth-order valence-corrected chi connectivity index (χ4v) is 3.33. The summed E-state index contributed by atoms with van der Waals surface area (Å²) in [4.78, 5) is 4.53. The number of benzene rings is 1. The molecule has 0 aliphatic heterocycles. The van der Waals surface area contributed by atoms with Crippen LogP contribution < -0.4 is 5.48 Å². The quantitative estimate of drug-likeness (QED) is 0.421. The Labute approximate surface area is 106 Å². The Hall–Kier alpha value is -1.39. The number of aliphatic imine (C=N–C) groups is 1. The van der Waals surface area contributed by atoms with Gasteiger partial charge in [-0.3, -0.25) is 15.7 Å². The highest BCUT2D eigenvalue weighted by Crippen LogP contribution is 2.46. The molecule has 0 aromatic heterocycles. The third kappa shape index (κ3) is 1.91. The number of aliphatic hydroxyl groups excluding tert-OH is 1. The van der Waals surface area contributed by atoms with Gasteiger partial charge in [-0.2, -0.15) is 0 Å². The molecule has 3 N–H and O–H groups in total. The molecular formula is C14H18N2O2. The van der Waals surface area contributed by atoms with Gasteiger partial charge >= 0.3 is 0 Å². The Kier molecular flexibility index (Phi) is 3.06. The van der Waals surface area contributed by atoms with Crippen molar-refractivity contribution < 1.29 is 10.3 Å². The first-order valence-corrected chi connectivity index (χ1v) is 6.51. The molecule has 96 valence electrons. The summed E-state index contributed by atoms with van der Waals surface area (Å²) in [7, 11) is 0. The first-order valence-electron chi connectivity index (χ1n) is 6.51. The summed E-state index contributed by atoms with van der Waals surface area (Å²) in [5.41, 5.74) is 3.01. The second kappa shape index (κ2) is 4.71. The Balaban J connectivity index is 1.86. The van der Waals surface area contributed by atoms with Crippen molar-refractivity contribution in [3.63, 3.8) is 0 Å². The zero-order chi connectivity index (χ0) is 12.5. The minimum atomic E-state index is -0.351. The van der Waals surface area contributed by atoms with Crippen molar-refractivity contribution in [2.45, 2.75) is 31.4 Å². The number of fused-ring (bicyclic) bond motifs is 2. The van der Waals surface area contributed by atoms with Crippen LogP contribution in [0.3, 0.4) is 0 Å². The molecule has 0 radical (unpaired) electrons. The van der Waals surface area contributed by atoms with Crippen LogP contribution in [0.25, 0.3) is 0 Å². The first-order chi connectivity index (χ1) is 8.79. The number of hydrogen-bond donors (Lipinski definition) is 3. The highest BCUT2D eigenvalue weighted by Gasteiger charge is 2.47. The third-order valence-electron chi connectivity index (χ3n) is 4.26. The SMILES string of the molecule is ONC(=NC1C2CCC(C2)C1O)c1ccccc1. The second-order valence-electron chi connectivity index (χ2n) is 5.27. The van der Waals surface area contributed by atoms with Crippen molar-refractivity contribution in [1.82, 2.24) is 5.48 Å². The van der Waals surface area contributed by atoms with Gasteiger partial charge in [-0.25, -0.2) is 0 Å². The average molecular weight is 246 g/mol. The van der Waals surface area contributed by atoms with Crippen LogP contribution in [0, 0.1) is 11.8 Å². The van der Waals surface area contributed by atoms with Crippen LogP contribution in [0.15, 0.2) is 35.3 Å². The lowest BCUT2D eigenvalue weighted by Crippen LogP contribution is -2.34. The van der Waals surface area contributed by atoms with Crippen LogP contribution in [-0.4, -0.2) is 28.3 Å². The molecule has 0 saturated heterocycles. The van der Waals surface area contributed by atoms with Crippen LogP contribution in [0.1, 0.15) is 24.8 Å². The van der Waals surface area contributed by atoms with E-state index >= 15 is 0 Å². The van der Waals surface area contributed by atoms with Crippen LogP contribution in [0.5, 0.6) is 0 Å². The number of nitrogens with one attached hydrogen (secondary N) is 1. The van der Waals surface area contributed by atoms with E-state index in [0.717, 1.165) is 24.8 Å². The van der Waals surface area contributed by atoms with E-state index in [4.69, 9.17) is 0 Å². The number of rotatable bonds is 2. The monoisotopic (exact) mass is 246 g/mol. The maximum absolute atomic E-state index is 10.2. The number of hydroxylamine groups is 1. The molecule has 1 aromatic carbocycles. The van der Waals surface area contributed by atoms with Crippen molar-refractivity contribution in [3.05, 3.63) is 35.9 Å². The smallest absolute Gasteiger partial charge is 0.152 e. The van der Waals surface area contributed by atoms with E-state index in [1.165, 1.54) is 0 Å². The molecular weight excluding hydrogens is 228 g/mol. The molecule has 4 nitrogen and oxygen atoms in total. The van der Waals surface area contributed by atoms with E-state index < -0.39 is 0 Å². The van der Waals surface area contributed by atoms with Crippen LogP contribution in [-0.2, 0) is 0 Å². The summed E-state index contributed by atoms with van der Waals surface area (Å²) in [5.74, 6) is 1.32. The predicted octanol–water partition coefficient (Wildman–Crippen LogP) is 1.57. The predicted molar refractivity (Wildman–Crippen MR) is 68.5 cm³/mol. The Morgan fingerprint density at radius 3 is 2.50 bits per heavy atom. The number of nitrogens with zero attached hydrogens (tertiary/aromatic N) is 1. The van der Waals surface area contributed by atoms with Crippen LogP contribution in [0.4, 0.5) is 0 Å². The summed E-state index contributed by atoms with van der Waals surface area (Å²) in [6.07, 6.45) is 2.98. The fraction of sp³-hybridized carbons (Fsp3) is 0.500. The number of aliphatic hydroxyl groups is 1. The van der Waals surface area contributed by atoms with Crippen molar-refractivity contribution >= 4 is 5.84 Å². The van der Waals surface area contributed by atoms with E-state index in [-0.39, 0.29) is 12.1 Å². The molecule has 4 heteroatoms. The van der Waals surface area contributed by atoms with Gasteiger partial charge in [0, 0.05) is 5.56 Å². The van der Waals surface area contributed by atoms with Crippen molar-refractivity contribution in [2.75, 3.05) is 0 Å². The van der Waals surface area contributed by atoms with Gasteiger partial charge in [0.2, 0.25) is 0 Å². The minimum Gasteiger partial charge on any atom is -0.391 e. The van der Waals surface area contributed by atoms with Crippen molar-refractivity contribution in [1.29, 1.82) is 0 Å². The Morgan fingerprint density at radius 1 is 1.17 bits per heavy atom. The maximum atomic E-state index is 10.2. The summed E-state index contributed by atoms with van der Waals surface area (Å²) in [6.45, 7) is 0. The lowest BCUT2D eigenvalue weighted by Gasteiger charge is -2.24. The molecule has 2 aliphatic carbocycles. The minimum absolute atomic E-state index is 0.0707. The van der Waals surface area contributed by atoms with Gasteiger partial charge in [0.25, 0.3) is 0 Å². The zero-order valence-electron chi connectivity index (χ0n) is 10.2. The van der Waals surface area contributed by atoms with Gasteiger partial charge in [0.05, 0.1) is 12.1 Å². The molecule has 2 aliphatic rings. The number of hydrogen-bond acceptors (Lipinski definition) is 3. The summed E-state index contributed by atoms with van der Waals surface area (Å²) >= 11 is 0. The molecule has 0 heterocycles. The van der Waals surface area contributed by atoms with E-state index in [1.807, 2.05) is 30.3 Å². The van der Waals surface area contributed by atoms with Crippen LogP contribution >= 0.6 is 0 Å². The molecule has 0 amide bonds. The van der Waals surface area contributed by atoms with Crippen molar-refractivity contribution in [2.24, 2.45) is 16.8 Å². The summed E-state index contributed by atoms with van der Waals surface area (Å²) < 4.78 is 0. The van der Waals surface area contributed by atoms with Gasteiger partial charge in [-0.15, -0.1) is 0 Å². The van der Waals surface area contributed by atoms with Gasteiger partial charge in [0.15, 0.2) is 5.84 Å². The lowest BCUT2D eigenvalue weighted by molar-refractivity contribution is 0.0946. The molecule has 2 saturated carbocycles. The highest BCUT2D eigenvalue weighted by atomic mass is 16.5. The standard InChI is InChI=1S/C14H18N2O2/c17-13-11-7-6-10(8-11)12(13)15-14(16-18)9-4-2-1-3-5-9/h1-5,10-13,17-18H,6-8H2,(H,15,16). The third-order valence-corrected chi connectivity index (χ3v) is 4.26. The molecule has 0 spiro atoms. The van der Waals surface area contributed by atoms with Crippen LogP contribution in [0.2, 0.25) is 0 Å². The van der Waals surface area contributed by atoms with Gasteiger partial charge < -0.3 is 5.11 Å². The molecule has 3 rings (SSSR count). The molecule has 1 aromatic rings. The topological polar surface area (TPSA) is 64.8 Å². The molecule has 4 unspecified atom stereocenters. The normalized spacial score (nSPS) is 34.9. The van der Waals surface area contributed by atoms with E-state index in [2.05, 4.69) is 10.5 Å². The largest absolute Gasteiger partial charge is 0.391 e. The van der Waals surface area contributed by atoms with Crippen molar-refractivity contribution in [3.8, 4) is 0 Å². The second-order valence-corrected chi connectivity index (χ2v) is 5.27. The molecule has 2 bridgehead atoms. The Morgan fingerprint density at radius 2 is 1.89 bits per heavy atom. The highest BCUT2D eigenvalue weighted by molar-refractivity contribution is 5.98. The maximum Gasteiger partial charge on any atom is 0.152 e. The number of amidine groups is 1. The zero-order valence-corrected chi connectivity index (χ0v) is 10.2. The summed E-state index contributed by atoms with van der Waals surface area (Å²) in [5, 5.41) is 19.4. The molecule has 18 heavy (non-hydrogen) atoms. The molecule has 4 atom stereocenters. The van der Waals surface area contributed by atoms with Gasteiger partial charge in [-0.05, 0) is 31.1 Å². The Bertz CT molecular complexity index is 444. The fourth-order valence-electron chi connectivity index (χ4n) is 3.33. The van der Waals surface area contributed by atoms with E-state index in [1.54, 1.807) is 0 Å². The molecule has 2 fully saturated rings. The lowest BCUT2D eigenvalue weighted by atomic mass is 9.93. The average Bonchev–Trinajstić information content (AvgIpc) is 2.99. The summed E-state index contributed by atoms with van der Waals surface area (Å²) in [6, 6.07) is 9.44. The van der Waals surface area contributed by atoms with Gasteiger partial charge in [-0.1, -0.05) is 30.3 Å². The van der Waals surface area contributed by atoms with Gasteiger partial charge in [0.1, 0.15) is 0 Å². The van der Waals surface area contributed by atoms with E-state index in [9.17, 15) is 10.3 Å².